The topological polar surface area (TPSA) is 64.6 Å². The van der Waals surface area contributed by atoms with E-state index < -0.39 is 11.9 Å². The van der Waals surface area contributed by atoms with Crippen LogP contribution in [0.3, 0.4) is 0 Å². The third-order valence-electron chi connectivity index (χ3n) is 2.07. The van der Waals surface area contributed by atoms with E-state index in [1.54, 1.807) is 18.2 Å². The minimum atomic E-state index is -0.663. The summed E-state index contributed by atoms with van der Waals surface area (Å²) in [6.07, 6.45) is 1.03. The zero-order chi connectivity index (χ0) is 14.4. The van der Waals surface area contributed by atoms with Gasteiger partial charge in [-0.15, -0.1) is 0 Å². The average Bonchev–Trinajstić information content (AvgIpc) is 2.41. The van der Waals surface area contributed by atoms with Crippen molar-refractivity contribution in [2.45, 2.75) is 0 Å². The summed E-state index contributed by atoms with van der Waals surface area (Å²) in [5.74, 6) is -1.31. The smallest absolute Gasteiger partial charge is 0.354 e. The number of anilines is 1. The second-order valence-electron chi connectivity index (χ2n) is 3.33. The highest BCUT2D eigenvalue weighted by molar-refractivity contribution is 9.13. The second kappa shape index (κ2) is 7.30. The van der Waals surface area contributed by atoms with E-state index in [2.05, 4.69) is 46.7 Å². The summed E-state index contributed by atoms with van der Waals surface area (Å²) in [5, 5.41) is 2.80. The number of ether oxygens (including phenoxy) is 2. The molecule has 1 aromatic rings. The monoisotopic (exact) mass is 391 g/mol. The summed E-state index contributed by atoms with van der Waals surface area (Å²) in [7, 11) is 2.45. The first-order valence-corrected chi connectivity index (χ1v) is 6.66. The standard InChI is InChI=1S/C12H11Br2NO4/c1-18-11(16)6-10(12(17)19-2)15-7-3-4-8(13)9(14)5-7/h3-6,15H,1-2H3/b10-6+. The molecule has 0 bridgehead atoms. The molecule has 102 valence electrons. The lowest BCUT2D eigenvalue weighted by Gasteiger charge is -2.09. The number of carbonyl (C=O) groups is 2. The van der Waals surface area contributed by atoms with Crippen LogP contribution >= 0.6 is 31.9 Å². The summed E-state index contributed by atoms with van der Waals surface area (Å²) in [4.78, 5) is 22.7. The van der Waals surface area contributed by atoms with Crippen molar-refractivity contribution in [1.29, 1.82) is 0 Å². The van der Waals surface area contributed by atoms with Gasteiger partial charge in [-0.3, -0.25) is 0 Å². The first-order chi connectivity index (χ1) is 8.97. The first-order valence-electron chi connectivity index (χ1n) is 5.08. The van der Waals surface area contributed by atoms with Crippen molar-refractivity contribution in [3.8, 4) is 0 Å². The maximum Gasteiger partial charge on any atom is 0.354 e. The van der Waals surface area contributed by atoms with E-state index >= 15 is 0 Å². The predicted molar refractivity (Wildman–Crippen MR) is 77.6 cm³/mol. The Labute approximate surface area is 127 Å². The van der Waals surface area contributed by atoms with Crippen LogP contribution in [0.25, 0.3) is 0 Å². The van der Waals surface area contributed by atoms with Gasteiger partial charge in [0, 0.05) is 14.6 Å². The summed E-state index contributed by atoms with van der Waals surface area (Å²) in [5.41, 5.74) is 0.610. The third-order valence-corrected chi connectivity index (χ3v) is 3.95. The van der Waals surface area contributed by atoms with Gasteiger partial charge in [-0.05, 0) is 50.1 Å². The highest BCUT2D eigenvalue weighted by Crippen LogP contribution is 2.26. The lowest BCUT2D eigenvalue weighted by Crippen LogP contribution is -2.15. The van der Waals surface area contributed by atoms with Crippen molar-refractivity contribution in [1.82, 2.24) is 0 Å². The van der Waals surface area contributed by atoms with Crippen LogP contribution in [0, 0.1) is 0 Å². The molecule has 0 saturated heterocycles. The molecule has 0 heterocycles. The van der Waals surface area contributed by atoms with Crippen LogP contribution in [0.2, 0.25) is 0 Å². The summed E-state index contributed by atoms with van der Waals surface area (Å²) in [6, 6.07) is 5.28. The molecule has 0 radical (unpaired) electrons. The lowest BCUT2D eigenvalue weighted by atomic mass is 10.3. The molecule has 0 spiro atoms. The Morgan fingerprint density at radius 3 is 2.37 bits per heavy atom. The van der Waals surface area contributed by atoms with Crippen LogP contribution in [0.15, 0.2) is 38.9 Å². The highest BCUT2D eigenvalue weighted by Gasteiger charge is 2.13. The molecule has 0 aliphatic heterocycles. The van der Waals surface area contributed by atoms with Gasteiger partial charge in [-0.2, -0.15) is 0 Å². The van der Waals surface area contributed by atoms with Crippen molar-refractivity contribution in [2.24, 2.45) is 0 Å². The van der Waals surface area contributed by atoms with Crippen LogP contribution in [-0.4, -0.2) is 26.2 Å². The molecule has 0 aromatic heterocycles. The van der Waals surface area contributed by atoms with Gasteiger partial charge in [0.05, 0.1) is 20.3 Å². The molecule has 0 unspecified atom stereocenters. The first kappa shape index (κ1) is 15.7. The number of esters is 2. The fourth-order valence-electron chi connectivity index (χ4n) is 1.16. The van der Waals surface area contributed by atoms with Gasteiger partial charge >= 0.3 is 11.9 Å². The van der Waals surface area contributed by atoms with Crippen LogP contribution in [-0.2, 0) is 19.1 Å². The summed E-state index contributed by atoms with van der Waals surface area (Å²) in [6.45, 7) is 0. The van der Waals surface area contributed by atoms with E-state index in [4.69, 9.17) is 0 Å². The van der Waals surface area contributed by atoms with Crippen molar-refractivity contribution in [3.63, 3.8) is 0 Å². The molecule has 0 fully saturated rings. The largest absolute Gasteiger partial charge is 0.466 e. The van der Waals surface area contributed by atoms with E-state index in [9.17, 15) is 9.59 Å². The maximum atomic E-state index is 11.5. The summed E-state index contributed by atoms with van der Waals surface area (Å²) >= 11 is 6.68. The number of benzene rings is 1. The summed E-state index contributed by atoms with van der Waals surface area (Å²) < 4.78 is 10.7. The molecular weight excluding hydrogens is 382 g/mol. The molecule has 1 N–H and O–H groups in total. The fraction of sp³-hybridized carbons (Fsp3) is 0.167. The highest BCUT2D eigenvalue weighted by atomic mass is 79.9. The van der Waals surface area contributed by atoms with Crippen molar-refractivity contribution >= 4 is 49.5 Å². The molecule has 0 aliphatic carbocycles. The number of rotatable bonds is 4. The quantitative estimate of drug-likeness (QED) is 0.630. The molecule has 0 atom stereocenters. The average molecular weight is 393 g/mol. The Kier molecular flexibility index (Phi) is 6.04. The Morgan fingerprint density at radius 1 is 1.16 bits per heavy atom. The van der Waals surface area contributed by atoms with E-state index in [1.165, 1.54) is 14.2 Å². The number of hydrogen-bond donors (Lipinski definition) is 1. The van der Waals surface area contributed by atoms with E-state index in [1.807, 2.05) is 0 Å². The van der Waals surface area contributed by atoms with Crippen LogP contribution in [0.4, 0.5) is 5.69 Å². The normalized spacial score (nSPS) is 10.8. The minimum absolute atomic E-state index is 0.0106. The van der Waals surface area contributed by atoms with Gasteiger partial charge < -0.3 is 14.8 Å². The van der Waals surface area contributed by atoms with Crippen LogP contribution < -0.4 is 5.32 Å². The lowest BCUT2D eigenvalue weighted by molar-refractivity contribution is -0.138. The number of carbonyl (C=O) groups excluding carboxylic acids is 2. The Hall–Kier alpha value is -1.34. The third kappa shape index (κ3) is 4.68. The number of methoxy groups -OCH3 is 2. The SMILES string of the molecule is COC(=O)/C=C(/Nc1ccc(Br)c(Br)c1)C(=O)OC. The van der Waals surface area contributed by atoms with Crippen LogP contribution in [0.1, 0.15) is 0 Å². The van der Waals surface area contributed by atoms with Crippen molar-refractivity contribution < 1.29 is 19.1 Å². The maximum absolute atomic E-state index is 11.5. The molecule has 5 nitrogen and oxygen atoms in total. The number of nitrogens with one attached hydrogen (secondary N) is 1. The minimum Gasteiger partial charge on any atom is -0.466 e. The van der Waals surface area contributed by atoms with Crippen LogP contribution in [0.5, 0.6) is 0 Å². The van der Waals surface area contributed by atoms with E-state index in [0.29, 0.717) is 5.69 Å². The number of halogens is 2. The van der Waals surface area contributed by atoms with Gasteiger partial charge in [0.25, 0.3) is 0 Å². The molecular formula is C12H11Br2NO4. The van der Waals surface area contributed by atoms with Gasteiger partial charge in [-0.25, -0.2) is 9.59 Å². The predicted octanol–water partition coefficient (Wildman–Crippen LogP) is 2.85. The van der Waals surface area contributed by atoms with Crippen molar-refractivity contribution in [3.05, 3.63) is 38.9 Å². The van der Waals surface area contributed by atoms with E-state index in [0.717, 1.165) is 15.0 Å². The molecule has 19 heavy (non-hydrogen) atoms. The zero-order valence-corrected chi connectivity index (χ0v) is 13.4. The fourth-order valence-corrected chi connectivity index (χ4v) is 1.79. The van der Waals surface area contributed by atoms with E-state index in [-0.39, 0.29) is 5.70 Å². The van der Waals surface area contributed by atoms with Crippen molar-refractivity contribution in [2.75, 3.05) is 19.5 Å². The van der Waals surface area contributed by atoms with Gasteiger partial charge in [0.2, 0.25) is 0 Å². The Balaban J connectivity index is 3.00. The van der Waals surface area contributed by atoms with Gasteiger partial charge in [-0.1, -0.05) is 0 Å². The number of hydrogen-bond acceptors (Lipinski definition) is 5. The molecule has 0 aliphatic rings. The molecule has 1 aromatic carbocycles. The Morgan fingerprint density at radius 2 is 1.84 bits per heavy atom. The zero-order valence-electron chi connectivity index (χ0n) is 10.2. The second-order valence-corrected chi connectivity index (χ2v) is 5.04. The van der Waals surface area contributed by atoms with Gasteiger partial charge in [0.15, 0.2) is 0 Å². The molecule has 0 amide bonds. The van der Waals surface area contributed by atoms with Gasteiger partial charge in [0.1, 0.15) is 5.70 Å². The molecule has 0 saturated carbocycles. The Bertz CT molecular complexity index is 528. The molecule has 7 heteroatoms. The molecule has 1 rings (SSSR count).